The molecule has 0 atom stereocenters. The van der Waals surface area contributed by atoms with Gasteiger partial charge in [-0.15, -0.1) is 0 Å². The second-order valence-corrected chi connectivity index (χ2v) is 5.86. The molecule has 0 fully saturated rings. The first-order valence-corrected chi connectivity index (χ1v) is 6.08. The monoisotopic (exact) mass is 161 g/mol. The molecule has 0 aliphatic rings. The molecule has 0 spiro atoms. The molecule has 0 saturated carbocycles. The molecule has 0 radical (unpaired) electrons. The van der Waals surface area contributed by atoms with Crippen LogP contribution in [0.3, 0.4) is 0 Å². The van der Waals surface area contributed by atoms with E-state index in [4.69, 9.17) is 0 Å². The van der Waals surface area contributed by atoms with Gasteiger partial charge in [-0.05, 0) is 37.1 Å². The van der Waals surface area contributed by atoms with Crippen molar-refractivity contribution in [3.63, 3.8) is 0 Å². The van der Waals surface area contributed by atoms with Gasteiger partial charge < -0.3 is 0 Å². The molecular formula is C9H21S+. The van der Waals surface area contributed by atoms with Crippen LogP contribution >= 0.6 is 0 Å². The molecule has 1 heteroatoms. The second kappa shape index (κ2) is 6.09. The first-order valence-electron chi connectivity index (χ1n) is 4.34. The topological polar surface area (TPSA) is 0 Å². The van der Waals surface area contributed by atoms with Crippen LogP contribution in [0.5, 0.6) is 0 Å². The van der Waals surface area contributed by atoms with E-state index in [1.165, 1.54) is 23.7 Å². The minimum Gasteiger partial charge on any atom is -0.0626 e. The molecule has 0 unspecified atom stereocenters. The van der Waals surface area contributed by atoms with Crippen molar-refractivity contribution in [1.29, 1.82) is 0 Å². The molecule has 10 heavy (non-hydrogen) atoms. The van der Waals surface area contributed by atoms with Crippen LogP contribution in [0.2, 0.25) is 0 Å². The van der Waals surface area contributed by atoms with E-state index in [2.05, 4.69) is 27.7 Å². The van der Waals surface area contributed by atoms with Crippen LogP contribution in [0.25, 0.3) is 0 Å². The largest absolute Gasteiger partial charge is 0.108 e. The van der Waals surface area contributed by atoms with E-state index in [1.807, 2.05) is 0 Å². The van der Waals surface area contributed by atoms with Gasteiger partial charge in [0.1, 0.15) is 17.3 Å². The van der Waals surface area contributed by atoms with Gasteiger partial charge in [-0.2, -0.15) is 0 Å². The summed E-state index contributed by atoms with van der Waals surface area (Å²) in [7, 11) is 0.741. The molecule has 0 aromatic heterocycles. The van der Waals surface area contributed by atoms with E-state index in [0.29, 0.717) is 0 Å². The van der Waals surface area contributed by atoms with Crippen LogP contribution in [0.15, 0.2) is 0 Å². The van der Waals surface area contributed by atoms with E-state index >= 15 is 0 Å². The molecule has 0 aliphatic heterocycles. The van der Waals surface area contributed by atoms with Crippen molar-refractivity contribution < 1.29 is 0 Å². The van der Waals surface area contributed by atoms with Crippen LogP contribution < -0.4 is 0 Å². The summed E-state index contributed by atoms with van der Waals surface area (Å²) in [6, 6.07) is 0. The van der Waals surface area contributed by atoms with Gasteiger partial charge in [-0.1, -0.05) is 13.8 Å². The Balaban J connectivity index is 3.26. The van der Waals surface area contributed by atoms with Crippen molar-refractivity contribution in [1.82, 2.24) is 0 Å². The van der Waals surface area contributed by atoms with E-state index in [0.717, 1.165) is 16.8 Å². The average Bonchev–Trinajstić information content (AvgIpc) is 1.90. The Morgan fingerprint density at radius 1 is 1.10 bits per heavy atom. The zero-order chi connectivity index (χ0) is 7.98. The average molecular weight is 161 g/mol. The zero-order valence-corrected chi connectivity index (χ0v) is 8.63. The predicted octanol–water partition coefficient (Wildman–Crippen LogP) is 2.69. The third-order valence-electron chi connectivity index (χ3n) is 1.80. The molecule has 0 aromatic rings. The van der Waals surface area contributed by atoms with E-state index in [1.54, 1.807) is 0 Å². The SMILES string of the molecule is CC[S+](CC)CCC(C)C. The van der Waals surface area contributed by atoms with Crippen LogP contribution in [-0.2, 0) is 10.9 Å². The Hall–Kier alpha value is 0.350. The van der Waals surface area contributed by atoms with Gasteiger partial charge >= 0.3 is 0 Å². The maximum Gasteiger partial charge on any atom is 0.108 e. The summed E-state index contributed by atoms with van der Waals surface area (Å²) < 4.78 is 0. The Kier molecular flexibility index (Phi) is 6.30. The molecular weight excluding hydrogens is 140 g/mol. The van der Waals surface area contributed by atoms with Gasteiger partial charge in [0, 0.05) is 0 Å². The number of hydrogen-bond acceptors (Lipinski definition) is 0. The van der Waals surface area contributed by atoms with E-state index in [9.17, 15) is 0 Å². The van der Waals surface area contributed by atoms with Crippen LogP contribution in [0.4, 0.5) is 0 Å². The number of hydrogen-bond donors (Lipinski definition) is 0. The summed E-state index contributed by atoms with van der Waals surface area (Å²) in [4.78, 5) is 0. The summed E-state index contributed by atoms with van der Waals surface area (Å²) in [5.41, 5.74) is 0. The first kappa shape index (κ1) is 10.3. The van der Waals surface area contributed by atoms with Crippen molar-refractivity contribution in [3.8, 4) is 0 Å². The van der Waals surface area contributed by atoms with Gasteiger partial charge in [-0.25, -0.2) is 0 Å². The second-order valence-electron chi connectivity index (χ2n) is 3.08. The molecule has 0 nitrogen and oxygen atoms in total. The summed E-state index contributed by atoms with van der Waals surface area (Å²) in [5.74, 6) is 5.14. The predicted molar refractivity (Wildman–Crippen MR) is 52.8 cm³/mol. The van der Waals surface area contributed by atoms with Gasteiger partial charge in [0.25, 0.3) is 0 Å². The molecule has 0 amide bonds. The summed E-state index contributed by atoms with van der Waals surface area (Å²) in [5, 5.41) is 0. The summed E-state index contributed by atoms with van der Waals surface area (Å²) in [6.45, 7) is 9.25. The lowest BCUT2D eigenvalue weighted by molar-refractivity contribution is 0.630. The lowest BCUT2D eigenvalue weighted by Gasteiger charge is -2.05. The standard InChI is InChI=1S/C9H21S/c1-5-10(6-2)8-7-9(3)4/h9H,5-8H2,1-4H3/q+1. The Bertz CT molecular complexity index is 65.1. The highest BCUT2D eigenvalue weighted by atomic mass is 32.2. The van der Waals surface area contributed by atoms with Gasteiger partial charge in [0.15, 0.2) is 0 Å². The minimum atomic E-state index is 0.741. The molecule has 62 valence electrons. The summed E-state index contributed by atoms with van der Waals surface area (Å²) in [6.07, 6.45) is 1.42. The van der Waals surface area contributed by atoms with Crippen molar-refractivity contribution in [3.05, 3.63) is 0 Å². The maximum atomic E-state index is 2.31. The molecule has 0 aromatic carbocycles. The smallest absolute Gasteiger partial charge is 0.0626 e. The van der Waals surface area contributed by atoms with Gasteiger partial charge in [-0.3, -0.25) is 0 Å². The van der Waals surface area contributed by atoms with Crippen LogP contribution in [0.1, 0.15) is 34.1 Å². The Morgan fingerprint density at radius 2 is 1.60 bits per heavy atom. The van der Waals surface area contributed by atoms with Crippen molar-refractivity contribution in [2.45, 2.75) is 34.1 Å². The minimum absolute atomic E-state index is 0.741. The van der Waals surface area contributed by atoms with Gasteiger partial charge in [0.2, 0.25) is 0 Å². The molecule has 0 N–H and O–H groups in total. The van der Waals surface area contributed by atoms with Crippen LogP contribution in [-0.4, -0.2) is 17.3 Å². The highest BCUT2D eigenvalue weighted by Crippen LogP contribution is 2.05. The Morgan fingerprint density at radius 3 is 1.90 bits per heavy atom. The highest BCUT2D eigenvalue weighted by molar-refractivity contribution is 7.96. The quantitative estimate of drug-likeness (QED) is 0.544. The first-order chi connectivity index (χ1) is 4.70. The van der Waals surface area contributed by atoms with Crippen molar-refractivity contribution in [2.24, 2.45) is 5.92 Å². The van der Waals surface area contributed by atoms with E-state index < -0.39 is 0 Å². The fourth-order valence-corrected chi connectivity index (χ4v) is 2.69. The third-order valence-corrected chi connectivity index (χ3v) is 4.25. The number of rotatable bonds is 5. The third kappa shape index (κ3) is 5.16. The van der Waals surface area contributed by atoms with Crippen molar-refractivity contribution >= 4 is 10.9 Å². The highest BCUT2D eigenvalue weighted by Gasteiger charge is 2.11. The molecule has 0 saturated heterocycles. The zero-order valence-electron chi connectivity index (χ0n) is 7.81. The Labute approximate surface area is 68.7 Å². The molecule has 0 aliphatic carbocycles. The van der Waals surface area contributed by atoms with E-state index in [-0.39, 0.29) is 0 Å². The maximum absolute atomic E-state index is 2.31. The molecule has 0 bridgehead atoms. The molecule has 0 heterocycles. The molecule has 0 rings (SSSR count). The lowest BCUT2D eigenvalue weighted by atomic mass is 10.2. The van der Waals surface area contributed by atoms with Crippen LogP contribution in [0, 0.1) is 5.92 Å². The fraction of sp³-hybridized carbons (Fsp3) is 1.00. The lowest BCUT2D eigenvalue weighted by Crippen LogP contribution is -2.13. The van der Waals surface area contributed by atoms with Crippen molar-refractivity contribution in [2.75, 3.05) is 17.3 Å². The normalized spacial score (nSPS) is 11.4. The van der Waals surface area contributed by atoms with Gasteiger partial charge in [0.05, 0.1) is 0 Å². The fourth-order valence-electron chi connectivity index (χ4n) is 0.895. The summed E-state index contributed by atoms with van der Waals surface area (Å²) >= 11 is 0.